The fraction of sp³-hybridized carbons (Fsp3) is 0.515. The topological polar surface area (TPSA) is 113 Å². The standard InChI is InChI=1S/C17H22N2O2.C12H15NO2.C4H8O.ClH.4H2S/c1-13(2)16(11-18)19-10-6-9-15(19)17(20)21-12-14-7-4-3-5-8-14;14-12(11-7-4-8-13-11)15-9-10-5-2-1-3-6-10;1-4(2)3-5;;;;;/h3-5,7-8,13,15-16H,6,9-10,12H2,1-2H3;1-3,5-6,11,13H,4,7-9H2;3-4H,1-2H3;1H;4*1H2/t15-,16?;11-;;;;;;/m00....../s1. The summed E-state index contributed by atoms with van der Waals surface area (Å²) in [7, 11) is 0. The van der Waals surface area contributed by atoms with Crippen molar-refractivity contribution in [2.24, 2.45) is 11.8 Å². The van der Waals surface area contributed by atoms with Crippen LogP contribution in [-0.2, 0) is 37.1 Å². The second-order valence-corrected chi connectivity index (χ2v) is 11.1. The summed E-state index contributed by atoms with van der Waals surface area (Å²) >= 11 is 0. The summed E-state index contributed by atoms with van der Waals surface area (Å²) < 4.78 is 10.7. The highest BCUT2D eigenvalue weighted by Gasteiger charge is 2.37. The van der Waals surface area contributed by atoms with E-state index >= 15 is 0 Å². The Kier molecular flexibility index (Phi) is 32.5. The predicted molar refractivity (Wildman–Crippen MR) is 199 cm³/mol. The van der Waals surface area contributed by atoms with Crippen LogP contribution in [0.4, 0.5) is 0 Å². The maximum Gasteiger partial charge on any atom is 0.365 e. The summed E-state index contributed by atoms with van der Waals surface area (Å²) in [6.07, 6.45) is 4.70. The number of esters is 2. The second-order valence-electron chi connectivity index (χ2n) is 11.1. The maximum atomic E-state index is 12.3. The zero-order valence-electron chi connectivity index (χ0n) is 27.3. The van der Waals surface area contributed by atoms with Crippen LogP contribution >= 0.6 is 54.0 Å². The van der Waals surface area contributed by atoms with E-state index in [1.165, 1.54) is 0 Å². The lowest BCUT2D eigenvalue weighted by Crippen LogP contribution is -3.00. The minimum atomic E-state index is -0.277. The number of nitrogens with zero attached hydrogens (tertiary/aromatic N) is 2. The molecule has 0 aromatic heterocycles. The number of hydrogen-bond donors (Lipinski definition) is 1. The van der Waals surface area contributed by atoms with Crippen molar-refractivity contribution in [2.45, 2.75) is 84.7 Å². The van der Waals surface area contributed by atoms with Gasteiger partial charge in [-0.1, -0.05) is 88.4 Å². The van der Waals surface area contributed by atoms with Gasteiger partial charge in [0.15, 0.2) is 6.04 Å². The fourth-order valence-electron chi connectivity index (χ4n) is 4.63. The van der Waals surface area contributed by atoms with Crippen LogP contribution in [0, 0.1) is 23.2 Å². The Morgan fingerprint density at radius 3 is 1.74 bits per heavy atom. The molecule has 0 radical (unpaired) electrons. The van der Waals surface area contributed by atoms with Gasteiger partial charge >= 0.3 is 11.9 Å². The number of benzene rings is 2. The molecule has 0 aliphatic carbocycles. The molecule has 3 atom stereocenters. The number of halogens is 1. The molecule has 0 bridgehead atoms. The van der Waals surface area contributed by atoms with Gasteiger partial charge in [0.2, 0.25) is 0 Å². The lowest BCUT2D eigenvalue weighted by molar-refractivity contribution is -0.659. The van der Waals surface area contributed by atoms with Gasteiger partial charge in [-0.3, -0.25) is 9.69 Å². The molecule has 2 aromatic rings. The van der Waals surface area contributed by atoms with E-state index in [9.17, 15) is 19.6 Å². The van der Waals surface area contributed by atoms with E-state index in [0.717, 1.165) is 56.2 Å². The molecule has 262 valence electrons. The summed E-state index contributed by atoms with van der Waals surface area (Å²) in [5.41, 5.74) is 2.03. The minimum Gasteiger partial charge on any atom is -1.00 e. The van der Waals surface area contributed by atoms with Gasteiger partial charge in [0.05, 0.1) is 12.6 Å². The first kappa shape index (κ1) is 51.0. The van der Waals surface area contributed by atoms with Crippen molar-refractivity contribution < 1.29 is 41.6 Å². The Hall–Kier alpha value is -1.85. The van der Waals surface area contributed by atoms with Crippen molar-refractivity contribution in [3.05, 3.63) is 71.8 Å². The van der Waals surface area contributed by atoms with E-state index in [1.54, 1.807) is 0 Å². The van der Waals surface area contributed by atoms with Crippen LogP contribution in [0.5, 0.6) is 0 Å². The molecule has 0 spiro atoms. The number of rotatable bonds is 9. The quantitative estimate of drug-likeness (QED) is 0.307. The molecule has 2 heterocycles. The SMILES string of the molecule is CC(C)C(C#N)N1CCC[C@H]1C(=O)OCc1ccccc1.CC(C)C=O.O=C(OCc1ccccc1)[C@@H]1CCC[NH2+]1.S.S.S.S.[Cl-]. The highest BCUT2D eigenvalue weighted by Crippen LogP contribution is 2.24. The molecule has 0 saturated carbocycles. The molecular weight excluding hydrogens is 682 g/mol. The average molecular weight is 737 g/mol. The molecular formula is C33H54ClN3O5S4. The Labute approximate surface area is 309 Å². The van der Waals surface area contributed by atoms with Crippen molar-refractivity contribution in [3.63, 3.8) is 0 Å². The average Bonchev–Trinajstić information content (AvgIpc) is 3.70. The normalized spacial score (nSPS) is 16.7. The molecule has 46 heavy (non-hydrogen) atoms. The van der Waals surface area contributed by atoms with Crippen molar-refractivity contribution in [2.75, 3.05) is 13.1 Å². The third kappa shape index (κ3) is 19.1. The zero-order chi connectivity index (χ0) is 30.0. The molecule has 2 aromatic carbocycles. The fourth-order valence-corrected chi connectivity index (χ4v) is 4.63. The first-order valence-electron chi connectivity index (χ1n) is 14.6. The molecule has 0 amide bonds. The molecule has 2 fully saturated rings. The molecule has 4 rings (SSSR count). The van der Waals surface area contributed by atoms with Crippen molar-refractivity contribution in [1.29, 1.82) is 5.26 Å². The Bertz CT molecular complexity index is 1110. The molecule has 13 heteroatoms. The largest absolute Gasteiger partial charge is 1.00 e. The lowest BCUT2D eigenvalue weighted by atomic mass is 10.0. The van der Waals surface area contributed by atoms with Gasteiger partial charge in [0.25, 0.3) is 0 Å². The van der Waals surface area contributed by atoms with E-state index in [4.69, 9.17) is 9.47 Å². The summed E-state index contributed by atoms with van der Waals surface area (Å²) in [6, 6.07) is 21.3. The number of carbonyl (C=O) groups is 3. The number of carbonyl (C=O) groups excluding carboxylic acids is 3. The zero-order valence-corrected chi connectivity index (χ0v) is 32.0. The van der Waals surface area contributed by atoms with E-state index < -0.39 is 0 Å². The summed E-state index contributed by atoms with van der Waals surface area (Å²) in [6.45, 7) is 10.3. The Morgan fingerprint density at radius 1 is 0.870 bits per heavy atom. The van der Waals surface area contributed by atoms with E-state index in [-0.39, 0.29) is 108 Å². The van der Waals surface area contributed by atoms with Crippen LogP contribution in [0.1, 0.15) is 64.5 Å². The third-order valence-electron chi connectivity index (χ3n) is 6.88. The first-order chi connectivity index (χ1) is 19.8. The second kappa shape index (κ2) is 29.3. The van der Waals surface area contributed by atoms with Crippen LogP contribution < -0.4 is 17.7 Å². The van der Waals surface area contributed by atoms with Gasteiger partial charge in [-0.2, -0.15) is 59.2 Å². The highest BCUT2D eigenvalue weighted by molar-refractivity contribution is 7.59. The number of nitriles is 1. The van der Waals surface area contributed by atoms with Gasteiger partial charge < -0.3 is 32.0 Å². The van der Waals surface area contributed by atoms with Gasteiger partial charge in [-0.25, -0.2) is 4.79 Å². The monoisotopic (exact) mass is 735 g/mol. The number of nitrogens with two attached hydrogens (primary N) is 1. The molecule has 2 N–H and O–H groups in total. The highest BCUT2D eigenvalue weighted by atomic mass is 35.5. The Balaban J connectivity index is -0.000000314. The minimum absolute atomic E-state index is 0. The molecule has 1 unspecified atom stereocenters. The lowest BCUT2D eigenvalue weighted by Gasteiger charge is -2.29. The molecule has 8 nitrogen and oxygen atoms in total. The van der Waals surface area contributed by atoms with E-state index in [2.05, 4.69) is 11.4 Å². The van der Waals surface area contributed by atoms with E-state index in [1.807, 2.05) is 93.3 Å². The van der Waals surface area contributed by atoms with Crippen molar-refractivity contribution >= 4 is 72.2 Å². The van der Waals surface area contributed by atoms with Crippen LogP contribution in [0.3, 0.4) is 0 Å². The Morgan fingerprint density at radius 2 is 1.35 bits per heavy atom. The van der Waals surface area contributed by atoms with Crippen LogP contribution in [-0.4, -0.2) is 54.3 Å². The molecule has 2 saturated heterocycles. The maximum absolute atomic E-state index is 12.3. The van der Waals surface area contributed by atoms with E-state index in [0.29, 0.717) is 13.2 Å². The van der Waals surface area contributed by atoms with Gasteiger partial charge in [0.1, 0.15) is 31.6 Å². The third-order valence-corrected chi connectivity index (χ3v) is 6.88. The van der Waals surface area contributed by atoms with Crippen LogP contribution in [0.25, 0.3) is 0 Å². The molecule has 2 aliphatic rings. The van der Waals surface area contributed by atoms with Crippen LogP contribution in [0.2, 0.25) is 0 Å². The number of quaternary nitrogens is 1. The smallest absolute Gasteiger partial charge is 0.365 e. The predicted octanol–water partition coefficient (Wildman–Crippen LogP) is 1.49. The number of hydrogen-bond acceptors (Lipinski definition) is 7. The van der Waals surface area contributed by atoms with Gasteiger partial charge in [-0.05, 0) is 29.9 Å². The summed E-state index contributed by atoms with van der Waals surface area (Å²) in [4.78, 5) is 35.4. The number of ether oxygens (including phenoxy) is 2. The first-order valence-corrected chi connectivity index (χ1v) is 14.6. The van der Waals surface area contributed by atoms with Crippen molar-refractivity contribution in [3.8, 4) is 6.07 Å². The van der Waals surface area contributed by atoms with Crippen LogP contribution in [0.15, 0.2) is 60.7 Å². The van der Waals surface area contributed by atoms with Gasteiger partial charge in [0, 0.05) is 25.3 Å². The molecule has 2 aliphatic heterocycles. The number of likely N-dealkylation sites (tertiary alicyclic amines) is 1. The summed E-state index contributed by atoms with van der Waals surface area (Å²) in [5.74, 6) is 0.126. The number of aldehydes is 1. The van der Waals surface area contributed by atoms with Gasteiger partial charge in [-0.15, -0.1) is 0 Å². The van der Waals surface area contributed by atoms with Crippen molar-refractivity contribution in [1.82, 2.24) is 4.90 Å². The summed E-state index contributed by atoms with van der Waals surface area (Å²) in [5, 5.41) is 11.4.